The summed E-state index contributed by atoms with van der Waals surface area (Å²) in [6, 6.07) is 0. The van der Waals surface area contributed by atoms with Crippen LogP contribution < -0.4 is 0 Å². The van der Waals surface area contributed by atoms with Crippen LogP contribution in [0.4, 0.5) is 4.79 Å². The largest absolute Gasteiger partial charge is 0.462 e. The minimum atomic E-state index is -0.100. The summed E-state index contributed by atoms with van der Waals surface area (Å²) in [5.41, 5.74) is 0. The molecule has 0 aromatic heterocycles. The maximum atomic E-state index is 13.3. The Hall–Kier alpha value is -0.830. The number of amides is 1. The fourth-order valence-electron chi connectivity index (χ4n) is 6.77. The predicted molar refractivity (Wildman–Crippen MR) is 230 cm³/mol. The minimum Gasteiger partial charge on any atom is -0.462 e. The molecule has 0 aliphatic rings. The van der Waals surface area contributed by atoms with Gasteiger partial charge < -0.3 is 24.0 Å². The number of hydrogen-bond donors (Lipinski definition) is 0. The lowest BCUT2D eigenvalue weighted by atomic mass is 10.0. The molecule has 0 unspecified atom stereocenters. The van der Waals surface area contributed by atoms with E-state index in [-0.39, 0.29) is 17.3 Å². The van der Waals surface area contributed by atoms with Gasteiger partial charge in [0.05, 0.1) is 6.10 Å². The van der Waals surface area contributed by atoms with E-state index in [0.29, 0.717) is 45.4 Å². The van der Waals surface area contributed by atoms with Crippen molar-refractivity contribution in [2.45, 2.75) is 226 Å². The van der Waals surface area contributed by atoms with Gasteiger partial charge in [-0.1, -0.05) is 155 Å². The van der Waals surface area contributed by atoms with Crippen molar-refractivity contribution in [2.24, 2.45) is 0 Å². The number of hydrogen-bond acceptors (Lipinski definition) is 7. The van der Waals surface area contributed by atoms with Crippen LogP contribution in [0.15, 0.2) is 0 Å². The van der Waals surface area contributed by atoms with Crippen LogP contribution in [0.1, 0.15) is 214 Å². The van der Waals surface area contributed by atoms with Gasteiger partial charge in [-0.25, -0.2) is 0 Å². The van der Waals surface area contributed by atoms with Crippen LogP contribution in [0.5, 0.6) is 0 Å². The molecule has 0 heterocycles. The molecule has 0 aliphatic carbocycles. The van der Waals surface area contributed by atoms with E-state index >= 15 is 0 Å². The number of carbonyl (C=O) groups excluding carboxylic acids is 2. The number of unbranched alkanes of at least 4 members (excludes halogenated alkanes) is 17. The molecule has 0 aromatic rings. The average Bonchev–Trinajstić information content (AvgIpc) is 3.14. The van der Waals surface area contributed by atoms with Crippen molar-refractivity contribution >= 4 is 23.0 Å². The fourth-order valence-corrected chi connectivity index (χ4v) is 7.58. The molecule has 53 heavy (non-hydrogen) atoms. The minimum absolute atomic E-state index is 0.0339. The van der Waals surface area contributed by atoms with E-state index in [0.717, 1.165) is 70.1 Å². The summed E-state index contributed by atoms with van der Waals surface area (Å²) in [6.07, 6.45) is 33.6. The maximum Gasteiger partial charge on any atom is 0.306 e. The second kappa shape index (κ2) is 40.8. The number of ether oxygens (including phenoxy) is 3. The van der Waals surface area contributed by atoms with Gasteiger partial charge in [0, 0.05) is 31.9 Å². The van der Waals surface area contributed by atoms with Gasteiger partial charge in [0.2, 0.25) is 0 Å². The lowest BCUT2D eigenvalue weighted by Crippen LogP contribution is -2.31. The molecule has 0 atom stereocenters. The highest BCUT2D eigenvalue weighted by molar-refractivity contribution is 8.13. The Morgan fingerprint density at radius 3 is 1.49 bits per heavy atom. The molecule has 0 aromatic carbocycles. The van der Waals surface area contributed by atoms with Gasteiger partial charge in [-0.15, -0.1) is 0 Å². The molecule has 0 bridgehead atoms. The Morgan fingerprint density at radius 2 is 1.00 bits per heavy atom. The Morgan fingerprint density at radius 1 is 0.528 bits per heavy atom. The van der Waals surface area contributed by atoms with Gasteiger partial charge in [0.25, 0.3) is 5.24 Å². The smallest absolute Gasteiger partial charge is 0.306 e. The van der Waals surface area contributed by atoms with E-state index in [4.69, 9.17) is 14.2 Å². The van der Waals surface area contributed by atoms with Gasteiger partial charge in [-0.3, -0.25) is 9.59 Å². The summed E-state index contributed by atoms with van der Waals surface area (Å²) in [7, 11) is 4.13. The highest BCUT2D eigenvalue weighted by atomic mass is 32.2. The van der Waals surface area contributed by atoms with Crippen LogP contribution in [0, 0.1) is 0 Å². The predicted octanol–water partition coefficient (Wildman–Crippen LogP) is 13.4. The highest BCUT2D eigenvalue weighted by Crippen LogP contribution is 2.19. The Balaban J connectivity index is 4.81. The number of esters is 1. The van der Waals surface area contributed by atoms with Crippen molar-refractivity contribution in [3.05, 3.63) is 0 Å². The monoisotopic (exact) mass is 771 g/mol. The molecule has 0 saturated heterocycles. The van der Waals surface area contributed by atoms with Crippen molar-refractivity contribution < 1.29 is 23.8 Å². The van der Waals surface area contributed by atoms with E-state index in [1.807, 2.05) is 4.90 Å². The zero-order valence-electron chi connectivity index (χ0n) is 36.2. The molecular formula is C45H90N2O5S. The second-order valence-electron chi connectivity index (χ2n) is 15.8. The first kappa shape index (κ1) is 52.2. The second-order valence-corrected chi connectivity index (χ2v) is 16.9. The van der Waals surface area contributed by atoms with E-state index in [2.05, 4.69) is 46.7 Å². The maximum absolute atomic E-state index is 13.3. The number of nitrogens with zero attached hydrogens (tertiary/aromatic N) is 2. The van der Waals surface area contributed by atoms with Crippen molar-refractivity contribution in [3.8, 4) is 0 Å². The molecule has 0 fully saturated rings. The van der Waals surface area contributed by atoms with Crippen LogP contribution >= 0.6 is 11.8 Å². The average molecular weight is 771 g/mol. The molecule has 0 N–H and O–H groups in total. The molecule has 0 rings (SSSR count). The summed E-state index contributed by atoms with van der Waals surface area (Å²) in [4.78, 5) is 30.4. The van der Waals surface area contributed by atoms with E-state index < -0.39 is 0 Å². The molecule has 8 heteroatoms. The van der Waals surface area contributed by atoms with Gasteiger partial charge in [0.15, 0.2) is 0 Å². The van der Waals surface area contributed by atoms with Gasteiger partial charge in [0.1, 0.15) is 12.9 Å². The van der Waals surface area contributed by atoms with Crippen molar-refractivity contribution in [3.63, 3.8) is 0 Å². The summed E-state index contributed by atoms with van der Waals surface area (Å²) in [5.74, 6) is 0.712. The summed E-state index contributed by atoms with van der Waals surface area (Å²) >= 11 is 1.41. The highest BCUT2D eigenvalue weighted by Gasteiger charge is 2.18. The zero-order valence-corrected chi connectivity index (χ0v) is 37.1. The van der Waals surface area contributed by atoms with Crippen LogP contribution in [-0.4, -0.2) is 86.1 Å². The van der Waals surface area contributed by atoms with Gasteiger partial charge in [-0.05, 0) is 84.8 Å². The molecule has 316 valence electrons. The van der Waals surface area contributed by atoms with Crippen molar-refractivity contribution in [2.75, 3.05) is 52.9 Å². The summed E-state index contributed by atoms with van der Waals surface area (Å²) in [6.45, 7) is 12.3. The van der Waals surface area contributed by atoms with Gasteiger partial charge >= 0.3 is 5.97 Å². The van der Waals surface area contributed by atoms with Crippen LogP contribution in [0.25, 0.3) is 0 Å². The standard InChI is InChI=1S/C45H90N2O5S/c1-7-11-15-19-23-31-42(32-24-20-16-12-8-2)51-41-50-39-28-27-37-47(45(49)53-40-30-36-46(5)6)38-29-35-44(48)52-43(33-25-21-17-13-9-3)34-26-22-18-14-10-4/h42-43H,7-41H2,1-6H3. The molecule has 0 aliphatic heterocycles. The Bertz CT molecular complexity index is 758. The lowest BCUT2D eigenvalue weighted by Gasteiger charge is -2.23. The topological polar surface area (TPSA) is 68.3 Å². The third kappa shape index (κ3) is 36.6. The number of rotatable bonds is 41. The Kier molecular flexibility index (Phi) is 40.2. The third-order valence-corrected chi connectivity index (χ3v) is 11.2. The summed E-state index contributed by atoms with van der Waals surface area (Å²) < 4.78 is 18.2. The van der Waals surface area contributed by atoms with Gasteiger partial charge in [-0.2, -0.15) is 0 Å². The van der Waals surface area contributed by atoms with Crippen molar-refractivity contribution in [1.82, 2.24) is 9.80 Å². The first-order valence-corrected chi connectivity index (χ1v) is 23.8. The molecule has 7 nitrogen and oxygen atoms in total. The molecule has 0 radical (unpaired) electrons. The lowest BCUT2D eigenvalue weighted by molar-refractivity contribution is -0.150. The normalized spacial score (nSPS) is 11.7. The SMILES string of the molecule is CCCCCCCC(CCCCCCC)OCOCCCCN(CCCC(=O)OC(CCCCCCC)CCCCCCC)C(=O)SCCCN(C)C. The third-order valence-electron chi connectivity index (χ3n) is 10.2. The summed E-state index contributed by atoms with van der Waals surface area (Å²) in [5, 5.41) is 0.124. The van der Waals surface area contributed by atoms with E-state index in [1.54, 1.807) is 0 Å². The quantitative estimate of drug-likeness (QED) is 0.0348. The van der Waals surface area contributed by atoms with Crippen LogP contribution in [-0.2, 0) is 19.0 Å². The van der Waals surface area contributed by atoms with E-state index in [9.17, 15) is 9.59 Å². The fraction of sp³-hybridized carbons (Fsp3) is 0.956. The first-order valence-electron chi connectivity index (χ1n) is 22.8. The number of thioether (sulfide) groups is 1. The molecule has 0 spiro atoms. The van der Waals surface area contributed by atoms with Crippen molar-refractivity contribution in [1.29, 1.82) is 0 Å². The molecular weight excluding hydrogens is 681 g/mol. The van der Waals surface area contributed by atoms with Crippen LogP contribution in [0.2, 0.25) is 0 Å². The number of carbonyl (C=O) groups is 2. The van der Waals surface area contributed by atoms with Crippen LogP contribution in [0.3, 0.4) is 0 Å². The van der Waals surface area contributed by atoms with E-state index in [1.165, 1.54) is 127 Å². The Labute approximate surface area is 334 Å². The molecule has 1 amide bonds. The first-order chi connectivity index (χ1) is 25.9. The molecule has 0 saturated carbocycles. The zero-order chi connectivity index (χ0) is 39.0.